The lowest BCUT2D eigenvalue weighted by Gasteiger charge is -2.31. The minimum absolute atomic E-state index is 0.0278. The van der Waals surface area contributed by atoms with Crippen molar-refractivity contribution in [3.63, 3.8) is 0 Å². The first-order valence-corrected chi connectivity index (χ1v) is 9.97. The van der Waals surface area contributed by atoms with E-state index >= 15 is 0 Å². The van der Waals surface area contributed by atoms with Crippen molar-refractivity contribution >= 4 is 45.8 Å². The normalized spacial score (nSPS) is 15.4. The molecule has 1 aromatic heterocycles. The minimum atomic E-state index is -0.0972. The zero-order valence-electron chi connectivity index (χ0n) is 13.8. The lowest BCUT2D eigenvalue weighted by Crippen LogP contribution is -2.39. The Bertz CT molecular complexity index is 699. The van der Waals surface area contributed by atoms with Crippen LogP contribution in [-0.4, -0.2) is 40.8 Å². The van der Waals surface area contributed by atoms with Crippen LogP contribution in [0.5, 0.6) is 0 Å². The molecule has 0 aliphatic carbocycles. The first-order valence-electron chi connectivity index (χ1n) is 8.28. The number of amides is 1. The Kier molecular flexibility index (Phi) is 6.51. The smallest absolute Gasteiger partial charge is 0.234 e. The summed E-state index contributed by atoms with van der Waals surface area (Å²) in [6.07, 6.45) is 2.79. The standard InChI is InChI=1S/C17H20Cl2N4OS/c18-10-16(24)20-11-13-5-7-23(8-6-13)17-21-15(22-25-17)9-12-1-3-14(19)4-2-12/h1-4,13H,5-11H2,(H,20,24). The summed E-state index contributed by atoms with van der Waals surface area (Å²) in [4.78, 5) is 18.2. The van der Waals surface area contributed by atoms with Gasteiger partial charge in [0.05, 0.1) is 0 Å². The SMILES string of the molecule is O=C(CCl)NCC1CCN(c2nc(Cc3ccc(Cl)cc3)ns2)CC1. The first kappa shape index (κ1) is 18.4. The van der Waals surface area contributed by atoms with Crippen LogP contribution < -0.4 is 10.2 Å². The average molecular weight is 399 g/mol. The molecule has 1 amide bonds. The molecule has 0 radical (unpaired) electrons. The Morgan fingerprint density at radius 2 is 2.00 bits per heavy atom. The number of nitrogens with zero attached hydrogens (tertiary/aromatic N) is 3. The van der Waals surface area contributed by atoms with Crippen LogP contribution in [0.1, 0.15) is 24.2 Å². The Morgan fingerprint density at radius 3 is 2.68 bits per heavy atom. The van der Waals surface area contributed by atoms with E-state index < -0.39 is 0 Å². The molecule has 1 aliphatic rings. The van der Waals surface area contributed by atoms with Gasteiger partial charge in [-0.3, -0.25) is 4.79 Å². The van der Waals surface area contributed by atoms with Crippen molar-refractivity contribution in [2.24, 2.45) is 5.92 Å². The van der Waals surface area contributed by atoms with E-state index in [0.717, 1.165) is 47.5 Å². The fourth-order valence-electron chi connectivity index (χ4n) is 2.86. The molecule has 5 nitrogen and oxygen atoms in total. The molecule has 1 aromatic carbocycles. The monoisotopic (exact) mass is 398 g/mol. The summed E-state index contributed by atoms with van der Waals surface area (Å²) in [6.45, 7) is 2.59. The van der Waals surface area contributed by atoms with E-state index in [9.17, 15) is 4.79 Å². The molecule has 25 heavy (non-hydrogen) atoms. The second kappa shape index (κ2) is 8.83. The number of carbonyl (C=O) groups is 1. The molecule has 2 aromatic rings. The van der Waals surface area contributed by atoms with Crippen molar-refractivity contribution in [3.05, 3.63) is 40.7 Å². The molecule has 1 saturated heterocycles. The predicted octanol–water partition coefficient (Wildman–Crippen LogP) is 3.35. The maximum atomic E-state index is 11.2. The first-order chi connectivity index (χ1) is 12.1. The fraction of sp³-hybridized carbons (Fsp3) is 0.471. The van der Waals surface area contributed by atoms with Crippen LogP contribution >= 0.6 is 34.7 Å². The van der Waals surface area contributed by atoms with E-state index in [-0.39, 0.29) is 11.8 Å². The summed E-state index contributed by atoms with van der Waals surface area (Å²) in [5.74, 6) is 1.28. The molecule has 2 heterocycles. The number of benzene rings is 1. The molecule has 1 aliphatic heterocycles. The highest BCUT2D eigenvalue weighted by atomic mass is 35.5. The fourth-order valence-corrected chi connectivity index (χ4v) is 3.82. The molecule has 1 fully saturated rings. The molecule has 0 saturated carbocycles. The number of aromatic nitrogens is 2. The minimum Gasteiger partial charge on any atom is -0.355 e. The number of piperidine rings is 1. The topological polar surface area (TPSA) is 58.1 Å². The van der Waals surface area contributed by atoms with Gasteiger partial charge in [-0.25, -0.2) is 4.98 Å². The predicted molar refractivity (Wildman–Crippen MR) is 103 cm³/mol. The van der Waals surface area contributed by atoms with Crippen LogP contribution in [-0.2, 0) is 11.2 Å². The van der Waals surface area contributed by atoms with Gasteiger partial charge in [-0.2, -0.15) is 4.37 Å². The number of halogens is 2. The number of hydrogen-bond acceptors (Lipinski definition) is 5. The molecule has 3 rings (SSSR count). The van der Waals surface area contributed by atoms with E-state index in [1.807, 2.05) is 24.3 Å². The molecule has 8 heteroatoms. The lowest BCUT2D eigenvalue weighted by molar-refractivity contribution is -0.118. The van der Waals surface area contributed by atoms with Gasteiger partial charge in [-0.15, -0.1) is 11.6 Å². The molecule has 0 spiro atoms. The van der Waals surface area contributed by atoms with Gasteiger partial charge in [0.1, 0.15) is 11.7 Å². The van der Waals surface area contributed by atoms with Gasteiger partial charge in [0.25, 0.3) is 0 Å². The van der Waals surface area contributed by atoms with Gasteiger partial charge in [0, 0.05) is 42.6 Å². The zero-order valence-corrected chi connectivity index (χ0v) is 16.1. The lowest BCUT2D eigenvalue weighted by atomic mass is 9.97. The van der Waals surface area contributed by atoms with Crippen LogP contribution in [0.15, 0.2) is 24.3 Å². The van der Waals surface area contributed by atoms with Crippen LogP contribution in [0.25, 0.3) is 0 Å². The number of alkyl halides is 1. The number of anilines is 1. The van der Waals surface area contributed by atoms with Crippen molar-refractivity contribution in [3.8, 4) is 0 Å². The summed E-state index contributed by atoms with van der Waals surface area (Å²) < 4.78 is 4.48. The second-order valence-electron chi connectivity index (χ2n) is 6.16. The summed E-state index contributed by atoms with van der Waals surface area (Å²) in [5.41, 5.74) is 1.16. The highest BCUT2D eigenvalue weighted by Crippen LogP contribution is 2.25. The van der Waals surface area contributed by atoms with Gasteiger partial charge < -0.3 is 10.2 Å². The average Bonchev–Trinajstić information content (AvgIpc) is 3.10. The number of hydrogen-bond donors (Lipinski definition) is 1. The number of nitrogens with one attached hydrogen (secondary N) is 1. The second-order valence-corrected chi connectivity index (χ2v) is 7.60. The quantitative estimate of drug-likeness (QED) is 0.757. The third kappa shape index (κ3) is 5.30. The van der Waals surface area contributed by atoms with Gasteiger partial charge in [-0.05, 0) is 36.5 Å². The third-order valence-corrected chi connectivity index (χ3v) is 5.64. The summed E-state index contributed by atoms with van der Waals surface area (Å²) in [5, 5.41) is 4.58. The van der Waals surface area contributed by atoms with Crippen molar-refractivity contribution < 1.29 is 4.79 Å². The summed E-state index contributed by atoms with van der Waals surface area (Å²) >= 11 is 12.9. The van der Waals surface area contributed by atoms with Crippen molar-refractivity contribution in [1.29, 1.82) is 0 Å². The Hall–Kier alpha value is -1.37. The summed E-state index contributed by atoms with van der Waals surface area (Å²) in [7, 11) is 0. The van der Waals surface area contributed by atoms with E-state index in [2.05, 4.69) is 19.6 Å². The largest absolute Gasteiger partial charge is 0.355 e. The third-order valence-electron chi connectivity index (χ3n) is 4.33. The van der Waals surface area contributed by atoms with Crippen LogP contribution in [0, 0.1) is 5.92 Å². The van der Waals surface area contributed by atoms with Gasteiger partial charge in [-0.1, -0.05) is 23.7 Å². The van der Waals surface area contributed by atoms with Gasteiger partial charge in [0.15, 0.2) is 0 Å². The molecule has 1 N–H and O–H groups in total. The molecule has 134 valence electrons. The number of rotatable bonds is 6. The van der Waals surface area contributed by atoms with Crippen LogP contribution in [0.4, 0.5) is 5.13 Å². The maximum Gasteiger partial charge on any atom is 0.234 e. The van der Waals surface area contributed by atoms with Crippen molar-refractivity contribution in [2.45, 2.75) is 19.3 Å². The van der Waals surface area contributed by atoms with Crippen LogP contribution in [0.3, 0.4) is 0 Å². The molecule has 0 atom stereocenters. The van der Waals surface area contributed by atoms with Crippen LogP contribution in [0.2, 0.25) is 5.02 Å². The van der Waals surface area contributed by atoms with Crippen molar-refractivity contribution in [1.82, 2.24) is 14.7 Å². The van der Waals surface area contributed by atoms with E-state index in [1.54, 1.807) is 0 Å². The van der Waals surface area contributed by atoms with E-state index in [4.69, 9.17) is 23.2 Å². The van der Waals surface area contributed by atoms with E-state index in [0.29, 0.717) is 18.9 Å². The molecular formula is C17H20Cl2N4OS. The molecule has 0 bridgehead atoms. The van der Waals surface area contributed by atoms with Crippen molar-refractivity contribution in [2.75, 3.05) is 30.4 Å². The zero-order chi connectivity index (χ0) is 17.6. The van der Waals surface area contributed by atoms with E-state index in [1.165, 1.54) is 11.5 Å². The molecule has 0 unspecified atom stereocenters. The van der Waals surface area contributed by atoms with Gasteiger partial charge >= 0.3 is 0 Å². The Balaban J connectivity index is 1.50. The highest BCUT2D eigenvalue weighted by Gasteiger charge is 2.22. The molecular weight excluding hydrogens is 379 g/mol. The van der Waals surface area contributed by atoms with Gasteiger partial charge in [0.2, 0.25) is 11.0 Å². The maximum absolute atomic E-state index is 11.2. The Morgan fingerprint density at radius 1 is 1.28 bits per heavy atom. The summed E-state index contributed by atoms with van der Waals surface area (Å²) in [6, 6.07) is 7.78. The number of carbonyl (C=O) groups excluding carboxylic acids is 1. The Labute approximate surface area is 161 Å². The highest BCUT2D eigenvalue weighted by molar-refractivity contribution is 7.09.